The lowest BCUT2D eigenvalue weighted by atomic mass is 10.0. The smallest absolute Gasteiger partial charge is 0.173 e. The van der Waals surface area contributed by atoms with E-state index in [4.69, 9.17) is 4.74 Å². The first-order valence-corrected chi connectivity index (χ1v) is 12.6. The molecule has 4 aromatic rings. The summed E-state index contributed by atoms with van der Waals surface area (Å²) in [7, 11) is 1.70. The van der Waals surface area contributed by atoms with Crippen molar-refractivity contribution in [1.29, 1.82) is 0 Å². The van der Waals surface area contributed by atoms with Gasteiger partial charge in [-0.2, -0.15) is 0 Å². The second-order valence-electron chi connectivity index (χ2n) is 9.50. The van der Waals surface area contributed by atoms with Gasteiger partial charge in [0.05, 0.1) is 24.7 Å². The number of nitrogens with zero attached hydrogens (tertiary/aromatic N) is 7. The van der Waals surface area contributed by atoms with Crippen LogP contribution in [0.5, 0.6) is 5.75 Å². The minimum atomic E-state index is 0.00761. The molecule has 2 aromatic heterocycles. The van der Waals surface area contributed by atoms with E-state index in [0.717, 1.165) is 61.5 Å². The van der Waals surface area contributed by atoms with Crippen molar-refractivity contribution in [2.24, 2.45) is 0 Å². The third kappa shape index (κ3) is 4.34. The topological polar surface area (TPSA) is 72.2 Å². The van der Waals surface area contributed by atoms with Gasteiger partial charge in [-0.3, -0.25) is 9.88 Å². The Bertz CT molecular complexity index is 1270. The minimum Gasteiger partial charge on any atom is -0.497 e. The van der Waals surface area contributed by atoms with E-state index in [1.54, 1.807) is 7.11 Å². The van der Waals surface area contributed by atoms with Crippen LogP contribution in [-0.2, 0) is 0 Å². The number of hydrogen-bond donors (Lipinski definition) is 0. The lowest BCUT2D eigenvalue weighted by molar-refractivity contribution is 0.198. The summed E-state index contributed by atoms with van der Waals surface area (Å²) in [5.74, 6) is 1.84. The van der Waals surface area contributed by atoms with Gasteiger partial charge >= 0.3 is 0 Å². The zero-order valence-electron chi connectivity index (χ0n) is 20.1. The van der Waals surface area contributed by atoms with E-state index in [1.807, 2.05) is 24.4 Å². The molecule has 2 fully saturated rings. The van der Waals surface area contributed by atoms with Gasteiger partial charge in [0.25, 0.3) is 0 Å². The molecule has 1 saturated heterocycles. The molecule has 0 unspecified atom stereocenters. The minimum absolute atomic E-state index is 0.00761. The Kier molecular flexibility index (Phi) is 6.04. The highest BCUT2D eigenvalue weighted by atomic mass is 16.5. The average molecular weight is 470 g/mol. The number of anilines is 1. The fourth-order valence-electron chi connectivity index (χ4n) is 5.61. The monoisotopic (exact) mass is 469 g/mol. The van der Waals surface area contributed by atoms with Crippen molar-refractivity contribution in [2.45, 2.75) is 37.8 Å². The van der Waals surface area contributed by atoms with E-state index in [0.29, 0.717) is 6.04 Å². The Morgan fingerprint density at radius 3 is 2.51 bits per heavy atom. The first-order valence-electron chi connectivity index (χ1n) is 12.6. The van der Waals surface area contributed by atoms with Gasteiger partial charge < -0.3 is 9.64 Å². The number of tetrazole rings is 1. The number of benzene rings is 2. The maximum absolute atomic E-state index is 5.33. The molecule has 8 heteroatoms. The number of pyridine rings is 1. The lowest BCUT2D eigenvalue weighted by Crippen LogP contribution is -2.48. The first kappa shape index (κ1) is 22.0. The third-order valence-corrected chi connectivity index (χ3v) is 7.49. The van der Waals surface area contributed by atoms with Crippen molar-refractivity contribution in [3.8, 4) is 5.75 Å². The van der Waals surface area contributed by atoms with E-state index in [9.17, 15) is 0 Å². The van der Waals surface area contributed by atoms with Crippen LogP contribution in [0.2, 0.25) is 0 Å². The predicted octanol–water partition coefficient (Wildman–Crippen LogP) is 4.26. The standard InChI is InChI=1S/C27H31N7O/c1-35-24-11-9-22(10-12-24)32-15-17-33(18-16-32)26(21-8-13-25-20(19-21)5-4-14-28-25)27-29-30-31-34(27)23-6-2-3-7-23/h4-5,8-14,19,23,26H,2-3,6-7,15-18H2,1H3/t26-/m1/s1. The number of rotatable bonds is 6. The van der Waals surface area contributed by atoms with Gasteiger partial charge in [0.2, 0.25) is 0 Å². The number of fused-ring (bicyclic) bond motifs is 1. The van der Waals surface area contributed by atoms with Crippen molar-refractivity contribution in [1.82, 2.24) is 30.1 Å². The highest BCUT2D eigenvalue weighted by Crippen LogP contribution is 2.35. The fraction of sp³-hybridized carbons (Fsp3) is 0.407. The third-order valence-electron chi connectivity index (χ3n) is 7.49. The second-order valence-corrected chi connectivity index (χ2v) is 9.50. The number of piperazine rings is 1. The molecule has 1 atom stereocenters. The zero-order valence-corrected chi connectivity index (χ0v) is 20.1. The van der Waals surface area contributed by atoms with Crippen molar-refractivity contribution >= 4 is 16.6 Å². The molecule has 1 aliphatic carbocycles. The lowest BCUT2D eigenvalue weighted by Gasteiger charge is -2.40. The van der Waals surface area contributed by atoms with Crippen LogP contribution in [-0.4, -0.2) is 63.4 Å². The second kappa shape index (κ2) is 9.62. The van der Waals surface area contributed by atoms with Crippen LogP contribution in [0.4, 0.5) is 5.69 Å². The molecule has 0 amide bonds. The average Bonchev–Trinajstić information content (AvgIpc) is 3.62. The Labute approximate surface area is 205 Å². The van der Waals surface area contributed by atoms with Gasteiger partial charge in [0, 0.05) is 43.4 Å². The van der Waals surface area contributed by atoms with Crippen LogP contribution in [0.25, 0.3) is 10.9 Å². The van der Waals surface area contributed by atoms with Crippen LogP contribution in [0.15, 0.2) is 60.8 Å². The molecule has 0 radical (unpaired) electrons. The fourth-order valence-corrected chi connectivity index (χ4v) is 5.61. The van der Waals surface area contributed by atoms with E-state index in [-0.39, 0.29) is 6.04 Å². The molecule has 180 valence electrons. The summed E-state index contributed by atoms with van der Waals surface area (Å²) in [5, 5.41) is 14.4. The Hall–Kier alpha value is -3.52. The number of ether oxygens (including phenoxy) is 1. The van der Waals surface area contributed by atoms with E-state index in [2.05, 4.69) is 71.4 Å². The molecule has 8 nitrogen and oxygen atoms in total. The predicted molar refractivity (Wildman–Crippen MR) is 136 cm³/mol. The molecule has 0 bridgehead atoms. The summed E-state index contributed by atoms with van der Waals surface area (Å²) in [5.41, 5.74) is 3.46. The van der Waals surface area contributed by atoms with Crippen molar-refractivity contribution in [3.63, 3.8) is 0 Å². The molecule has 0 spiro atoms. The van der Waals surface area contributed by atoms with Gasteiger partial charge in [0.15, 0.2) is 5.82 Å². The highest BCUT2D eigenvalue weighted by molar-refractivity contribution is 5.79. The van der Waals surface area contributed by atoms with Crippen LogP contribution >= 0.6 is 0 Å². The summed E-state index contributed by atoms with van der Waals surface area (Å²) < 4.78 is 7.44. The Morgan fingerprint density at radius 1 is 0.943 bits per heavy atom. The summed E-state index contributed by atoms with van der Waals surface area (Å²) in [6, 6.07) is 19.5. The van der Waals surface area contributed by atoms with Gasteiger partial charge in [-0.25, -0.2) is 4.68 Å². The SMILES string of the molecule is COc1ccc(N2CCN([C@H](c3ccc4ncccc4c3)c3nnnn3C3CCCC3)CC2)cc1. The number of methoxy groups -OCH3 is 1. The number of hydrogen-bond acceptors (Lipinski definition) is 7. The van der Waals surface area contributed by atoms with Crippen LogP contribution in [0.1, 0.15) is 49.2 Å². The van der Waals surface area contributed by atoms with E-state index < -0.39 is 0 Å². The van der Waals surface area contributed by atoms with Crippen molar-refractivity contribution in [2.75, 3.05) is 38.2 Å². The zero-order chi connectivity index (χ0) is 23.6. The molecule has 1 saturated carbocycles. The Morgan fingerprint density at radius 2 is 1.74 bits per heavy atom. The van der Waals surface area contributed by atoms with Crippen molar-refractivity contribution in [3.05, 3.63) is 72.2 Å². The molecule has 3 heterocycles. The molecule has 1 aliphatic heterocycles. The largest absolute Gasteiger partial charge is 0.497 e. The molecule has 0 N–H and O–H groups in total. The summed E-state index contributed by atoms with van der Waals surface area (Å²) >= 11 is 0. The molecular weight excluding hydrogens is 438 g/mol. The van der Waals surface area contributed by atoms with Gasteiger partial charge in [-0.05, 0) is 71.3 Å². The van der Waals surface area contributed by atoms with Crippen LogP contribution in [0, 0.1) is 0 Å². The molecular formula is C27H31N7O. The van der Waals surface area contributed by atoms with Crippen LogP contribution < -0.4 is 9.64 Å². The van der Waals surface area contributed by atoms with E-state index >= 15 is 0 Å². The van der Waals surface area contributed by atoms with Gasteiger partial charge in [0.1, 0.15) is 5.75 Å². The normalized spacial score (nSPS) is 18.3. The molecule has 6 rings (SSSR count). The summed E-state index contributed by atoms with van der Waals surface area (Å²) in [6.07, 6.45) is 6.64. The maximum atomic E-state index is 5.33. The highest BCUT2D eigenvalue weighted by Gasteiger charge is 2.33. The van der Waals surface area contributed by atoms with E-state index in [1.165, 1.54) is 24.1 Å². The molecule has 2 aromatic carbocycles. The van der Waals surface area contributed by atoms with Gasteiger partial charge in [-0.15, -0.1) is 5.10 Å². The van der Waals surface area contributed by atoms with Gasteiger partial charge in [-0.1, -0.05) is 25.0 Å². The maximum Gasteiger partial charge on any atom is 0.173 e. The summed E-state index contributed by atoms with van der Waals surface area (Å²) in [6.45, 7) is 3.75. The summed E-state index contributed by atoms with van der Waals surface area (Å²) in [4.78, 5) is 9.50. The number of aromatic nitrogens is 5. The quantitative estimate of drug-likeness (QED) is 0.418. The first-order chi connectivity index (χ1) is 17.3. The Balaban J connectivity index is 1.31. The van der Waals surface area contributed by atoms with Crippen LogP contribution in [0.3, 0.4) is 0 Å². The molecule has 35 heavy (non-hydrogen) atoms. The molecule has 2 aliphatic rings. The van der Waals surface area contributed by atoms with Crippen molar-refractivity contribution < 1.29 is 4.74 Å².